The van der Waals surface area contributed by atoms with Gasteiger partial charge in [0, 0.05) is 24.3 Å². The molecule has 0 aromatic carbocycles. The molecule has 15 heavy (non-hydrogen) atoms. The van der Waals surface area contributed by atoms with Gasteiger partial charge in [0.1, 0.15) is 0 Å². The van der Waals surface area contributed by atoms with Crippen molar-refractivity contribution in [3.63, 3.8) is 0 Å². The van der Waals surface area contributed by atoms with Crippen LogP contribution in [-0.4, -0.2) is 5.78 Å². The van der Waals surface area contributed by atoms with Crippen LogP contribution in [0.1, 0.15) is 51.9 Å². The molecule has 1 aliphatic carbocycles. The fourth-order valence-electron chi connectivity index (χ4n) is 1.80. The summed E-state index contributed by atoms with van der Waals surface area (Å²) < 4.78 is 0. The van der Waals surface area contributed by atoms with Crippen molar-refractivity contribution in [2.45, 2.75) is 51.9 Å². The van der Waals surface area contributed by atoms with Crippen LogP contribution in [0.5, 0.6) is 0 Å². The lowest BCUT2D eigenvalue weighted by molar-refractivity contribution is -0.114. The molecule has 1 nitrogen and oxygen atoms in total. The largest absolute Gasteiger partial charge is 0.295 e. The van der Waals surface area contributed by atoms with E-state index in [-0.39, 0.29) is 11.7 Å². The molecule has 0 saturated heterocycles. The standard InChI is InChI=1S/C14H20O/c1-3-4-5-6-7-8-9-13-10-11-14(15)12(13)2/h13H,2-7,10-11H2,1H3. The highest BCUT2D eigenvalue weighted by Gasteiger charge is 2.24. The smallest absolute Gasteiger partial charge is 0.159 e. The Morgan fingerprint density at radius 3 is 2.80 bits per heavy atom. The third kappa shape index (κ3) is 3.91. The van der Waals surface area contributed by atoms with E-state index >= 15 is 0 Å². The molecule has 0 N–H and O–H groups in total. The molecular weight excluding hydrogens is 184 g/mol. The van der Waals surface area contributed by atoms with Gasteiger partial charge in [0.25, 0.3) is 0 Å². The minimum Gasteiger partial charge on any atom is -0.295 e. The molecule has 0 aromatic heterocycles. The minimum atomic E-state index is 0.156. The summed E-state index contributed by atoms with van der Waals surface area (Å²) in [4.78, 5) is 11.2. The summed E-state index contributed by atoms with van der Waals surface area (Å²) in [6.07, 6.45) is 7.53. The average Bonchev–Trinajstić information content (AvgIpc) is 2.54. The number of hydrogen-bond donors (Lipinski definition) is 0. The van der Waals surface area contributed by atoms with Gasteiger partial charge in [-0.25, -0.2) is 0 Å². The number of carbonyl (C=O) groups excluding carboxylic acids is 1. The van der Waals surface area contributed by atoms with Crippen LogP contribution in [0.3, 0.4) is 0 Å². The Bertz CT molecular complexity index is 290. The first-order chi connectivity index (χ1) is 7.25. The number of allylic oxidation sites excluding steroid dienone is 1. The molecule has 0 spiro atoms. The maximum absolute atomic E-state index is 11.2. The highest BCUT2D eigenvalue weighted by molar-refractivity contribution is 5.98. The Hall–Kier alpha value is -1.03. The number of rotatable bonds is 4. The first kappa shape index (κ1) is 12.0. The van der Waals surface area contributed by atoms with E-state index in [0.717, 1.165) is 18.4 Å². The summed E-state index contributed by atoms with van der Waals surface area (Å²) in [6.45, 7) is 6.00. The van der Waals surface area contributed by atoms with E-state index in [4.69, 9.17) is 0 Å². The van der Waals surface area contributed by atoms with Crippen LogP contribution in [0, 0.1) is 17.8 Å². The third-order valence-corrected chi connectivity index (χ3v) is 2.87. The topological polar surface area (TPSA) is 17.1 Å². The average molecular weight is 204 g/mol. The summed E-state index contributed by atoms with van der Waals surface area (Å²) in [7, 11) is 0. The van der Waals surface area contributed by atoms with Crippen molar-refractivity contribution >= 4 is 5.78 Å². The molecule has 0 aromatic rings. The Morgan fingerprint density at radius 2 is 2.20 bits per heavy atom. The molecular formula is C14H20O. The third-order valence-electron chi connectivity index (χ3n) is 2.87. The van der Waals surface area contributed by atoms with Gasteiger partial charge in [0.2, 0.25) is 0 Å². The number of ketones is 1. The Kier molecular flexibility index (Phi) is 5.18. The zero-order valence-corrected chi connectivity index (χ0v) is 9.64. The molecule has 1 atom stereocenters. The SMILES string of the molecule is C=C1C(=O)CCC1C#CCCCCCC. The predicted molar refractivity (Wildman–Crippen MR) is 63.4 cm³/mol. The van der Waals surface area contributed by atoms with Crippen molar-refractivity contribution in [1.29, 1.82) is 0 Å². The van der Waals surface area contributed by atoms with Gasteiger partial charge in [-0.05, 0) is 12.8 Å². The van der Waals surface area contributed by atoms with Crippen molar-refractivity contribution in [2.24, 2.45) is 5.92 Å². The molecule has 0 bridgehead atoms. The van der Waals surface area contributed by atoms with Gasteiger partial charge in [-0.1, -0.05) is 38.7 Å². The van der Waals surface area contributed by atoms with Crippen LogP contribution in [0.4, 0.5) is 0 Å². The van der Waals surface area contributed by atoms with Crippen molar-refractivity contribution in [3.8, 4) is 11.8 Å². The van der Waals surface area contributed by atoms with E-state index in [1.54, 1.807) is 0 Å². The zero-order chi connectivity index (χ0) is 11.1. The second-order valence-electron chi connectivity index (χ2n) is 4.17. The molecule has 1 rings (SSSR count). The first-order valence-electron chi connectivity index (χ1n) is 5.96. The summed E-state index contributed by atoms with van der Waals surface area (Å²) in [6, 6.07) is 0. The normalized spacial score (nSPS) is 20.2. The van der Waals surface area contributed by atoms with E-state index in [1.807, 2.05) is 0 Å². The molecule has 1 heteroatoms. The van der Waals surface area contributed by atoms with Crippen LogP contribution in [0.25, 0.3) is 0 Å². The van der Waals surface area contributed by atoms with E-state index in [9.17, 15) is 4.79 Å². The van der Waals surface area contributed by atoms with Crippen LogP contribution >= 0.6 is 0 Å². The molecule has 0 heterocycles. The number of hydrogen-bond acceptors (Lipinski definition) is 1. The number of carbonyl (C=O) groups is 1. The van der Waals surface area contributed by atoms with Gasteiger partial charge < -0.3 is 0 Å². The monoisotopic (exact) mass is 204 g/mol. The molecule has 1 saturated carbocycles. The Labute approximate surface area is 92.9 Å². The van der Waals surface area contributed by atoms with Crippen molar-refractivity contribution < 1.29 is 4.79 Å². The first-order valence-corrected chi connectivity index (χ1v) is 5.96. The van der Waals surface area contributed by atoms with Crippen molar-refractivity contribution in [2.75, 3.05) is 0 Å². The van der Waals surface area contributed by atoms with Gasteiger partial charge in [0.15, 0.2) is 5.78 Å². The zero-order valence-electron chi connectivity index (χ0n) is 9.64. The van der Waals surface area contributed by atoms with Crippen LogP contribution < -0.4 is 0 Å². The quantitative estimate of drug-likeness (QED) is 0.389. The van der Waals surface area contributed by atoms with Gasteiger partial charge in [-0.2, -0.15) is 0 Å². The van der Waals surface area contributed by atoms with Crippen molar-refractivity contribution in [3.05, 3.63) is 12.2 Å². The Balaban J connectivity index is 2.21. The molecule has 82 valence electrons. The highest BCUT2D eigenvalue weighted by Crippen LogP contribution is 2.25. The van der Waals surface area contributed by atoms with Crippen LogP contribution in [-0.2, 0) is 4.79 Å². The van der Waals surface area contributed by atoms with Gasteiger partial charge >= 0.3 is 0 Å². The number of unbranched alkanes of at least 4 members (excludes halogenated alkanes) is 4. The van der Waals surface area contributed by atoms with Gasteiger partial charge in [0.05, 0.1) is 0 Å². The molecule has 1 unspecified atom stereocenters. The van der Waals surface area contributed by atoms with Crippen molar-refractivity contribution in [1.82, 2.24) is 0 Å². The number of Topliss-reactive ketones (excluding diaryl/α,β-unsaturated/α-hetero) is 1. The van der Waals surface area contributed by atoms with Gasteiger partial charge in [-0.3, -0.25) is 4.79 Å². The molecule has 0 radical (unpaired) electrons. The molecule has 1 aliphatic rings. The maximum atomic E-state index is 11.2. The maximum Gasteiger partial charge on any atom is 0.159 e. The summed E-state index contributed by atoms with van der Waals surface area (Å²) in [5, 5.41) is 0. The lowest BCUT2D eigenvalue weighted by atomic mass is 10.0. The molecule has 1 fully saturated rings. The molecule has 0 aliphatic heterocycles. The van der Waals surface area contributed by atoms with E-state index in [1.165, 1.54) is 25.7 Å². The van der Waals surface area contributed by atoms with E-state index < -0.39 is 0 Å². The van der Waals surface area contributed by atoms with E-state index in [0.29, 0.717) is 6.42 Å². The van der Waals surface area contributed by atoms with Crippen LogP contribution in [0.2, 0.25) is 0 Å². The fourth-order valence-corrected chi connectivity index (χ4v) is 1.80. The summed E-state index contributed by atoms with van der Waals surface area (Å²) in [5.74, 6) is 6.71. The molecule has 0 amide bonds. The lowest BCUT2D eigenvalue weighted by Crippen LogP contribution is -1.96. The predicted octanol–water partition coefficient (Wildman–Crippen LogP) is 3.50. The Morgan fingerprint density at radius 1 is 1.40 bits per heavy atom. The second kappa shape index (κ2) is 6.45. The summed E-state index contributed by atoms with van der Waals surface area (Å²) in [5.41, 5.74) is 0.732. The van der Waals surface area contributed by atoms with Crippen LogP contribution in [0.15, 0.2) is 12.2 Å². The highest BCUT2D eigenvalue weighted by atomic mass is 16.1. The fraction of sp³-hybridized carbons (Fsp3) is 0.643. The van der Waals surface area contributed by atoms with E-state index in [2.05, 4.69) is 25.3 Å². The lowest BCUT2D eigenvalue weighted by Gasteiger charge is -1.98. The second-order valence-corrected chi connectivity index (χ2v) is 4.17. The van der Waals surface area contributed by atoms with Gasteiger partial charge in [-0.15, -0.1) is 5.92 Å². The minimum absolute atomic E-state index is 0.156. The summed E-state index contributed by atoms with van der Waals surface area (Å²) >= 11 is 0.